The van der Waals surface area contributed by atoms with Gasteiger partial charge < -0.3 is 11.1 Å². The first-order valence-corrected chi connectivity index (χ1v) is 7.30. The lowest BCUT2D eigenvalue weighted by Crippen LogP contribution is -2.53. The molecule has 3 N–H and O–H groups in total. The van der Waals surface area contributed by atoms with Gasteiger partial charge in [-0.25, -0.2) is 0 Å². The maximum Gasteiger partial charge on any atom is 0.240 e. The third-order valence-electron chi connectivity index (χ3n) is 3.81. The van der Waals surface area contributed by atoms with Gasteiger partial charge in [0.1, 0.15) is 0 Å². The number of carbonyl (C=O) groups excluding carboxylic acids is 1. The van der Waals surface area contributed by atoms with Gasteiger partial charge in [-0.2, -0.15) is 0 Å². The molecule has 1 aliphatic carbocycles. The van der Waals surface area contributed by atoms with Crippen LogP contribution < -0.4 is 11.1 Å². The van der Waals surface area contributed by atoms with Gasteiger partial charge in [0.2, 0.25) is 5.91 Å². The Morgan fingerprint density at radius 3 is 2.61 bits per heavy atom. The Kier molecular flexibility index (Phi) is 3.52. The van der Waals surface area contributed by atoms with Crippen LogP contribution in [0.5, 0.6) is 0 Å². The van der Waals surface area contributed by atoms with Gasteiger partial charge in [-0.05, 0) is 58.1 Å². The monoisotopic (exact) mass is 266 g/mol. The van der Waals surface area contributed by atoms with Gasteiger partial charge in [0, 0.05) is 9.75 Å². The second-order valence-corrected chi connectivity index (χ2v) is 7.08. The fraction of sp³-hybridized carbons (Fsp3) is 0.643. The molecule has 0 saturated heterocycles. The summed E-state index contributed by atoms with van der Waals surface area (Å²) in [4.78, 5) is 14.8. The predicted octanol–water partition coefficient (Wildman–Crippen LogP) is 2.67. The standard InChI is InChI=1S/C14H22N2OS/c1-8-7-12(10(3)18-8)9(2)16-13(17)14(4,15)11-5-6-11/h7,9,11H,5-6,15H2,1-4H3,(H,16,17). The minimum atomic E-state index is -0.715. The van der Waals surface area contributed by atoms with Crippen molar-refractivity contribution < 1.29 is 4.79 Å². The summed E-state index contributed by atoms with van der Waals surface area (Å²) in [5.41, 5.74) is 6.62. The van der Waals surface area contributed by atoms with E-state index < -0.39 is 5.54 Å². The van der Waals surface area contributed by atoms with E-state index in [1.165, 1.54) is 15.3 Å². The molecule has 3 nitrogen and oxygen atoms in total. The average molecular weight is 266 g/mol. The predicted molar refractivity (Wildman–Crippen MR) is 75.7 cm³/mol. The summed E-state index contributed by atoms with van der Waals surface area (Å²) in [5, 5.41) is 3.05. The van der Waals surface area contributed by atoms with Crippen molar-refractivity contribution in [2.45, 2.75) is 52.1 Å². The molecule has 1 fully saturated rings. The highest BCUT2D eigenvalue weighted by Crippen LogP contribution is 2.38. The molecule has 100 valence electrons. The Balaban J connectivity index is 2.05. The fourth-order valence-corrected chi connectivity index (χ4v) is 3.40. The van der Waals surface area contributed by atoms with Crippen LogP contribution in [0.3, 0.4) is 0 Å². The molecule has 1 aromatic rings. The smallest absolute Gasteiger partial charge is 0.240 e. The van der Waals surface area contributed by atoms with Gasteiger partial charge in [-0.1, -0.05) is 0 Å². The van der Waals surface area contributed by atoms with Gasteiger partial charge >= 0.3 is 0 Å². The van der Waals surface area contributed by atoms with Crippen LogP contribution in [0, 0.1) is 19.8 Å². The molecule has 0 spiro atoms. The molecule has 4 heteroatoms. The third-order valence-corrected chi connectivity index (χ3v) is 4.79. The molecule has 1 heterocycles. The summed E-state index contributed by atoms with van der Waals surface area (Å²) in [6.45, 7) is 8.05. The van der Waals surface area contributed by atoms with Crippen molar-refractivity contribution in [3.05, 3.63) is 21.4 Å². The summed E-state index contributed by atoms with van der Waals surface area (Å²) < 4.78 is 0. The van der Waals surface area contributed by atoms with Crippen LogP contribution in [0.1, 0.15) is 48.0 Å². The molecule has 0 radical (unpaired) electrons. The third kappa shape index (κ3) is 2.59. The number of nitrogens with one attached hydrogen (secondary N) is 1. The highest BCUT2D eigenvalue weighted by molar-refractivity contribution is 7.12. The molecule has 0 aromatic carbocycles. The van der Waals surface area contributed by atoms with Crippen molar-refractivity contribution in [3.8, 4) is 0 Å². The summed E-state index contributed by atoms with van der Waals surface area (Å²) >= 11 is 1.77. The van der Waals surface area contributed by atoms with Crippen molar-refractivity contribution in [1.82, 2.24) is 5.32 Å². The largest absolute Gasteiger partial charge is 0.348 e. The number of nitrogens with two attached hydrogens (primary N) is 1. The first-order chi connectivity index (χ1) is 8.32. The fourth-order valence-electron chi connectivity index (χ4n) is 2.38. The normalized spacial score (nSPS) is 20.3. The summed E-state index contributed by atoms with van der Waals surface area (Å²) in [7, 11) is 0. The van der Waals surface area contributed by atoms with E-state index in [2.05, 4.69) is 25.2 Å². The molecule has 18 heavy (non-hydrogen) atoms. The van der Waals surface area contributed by atoms with E-state index in [0.717, 1.165) is 12.8 Å². The molecular formula is C14H22N2OS. The summed E-state index contributed by atoms with van der Waals surface area (Å²) in [6.07, 6.45) is 2.15. The van der Waals surface area contributed by atoms with Crippen LogP contribution in [-0.4, -0.2) is 11.4 Å². The minimum Gasteiger partial charge on any atom is -0.348 e. The van der Waals surface area contributed by atoms with Crippen molar-refractivity contribution >= 4 is 17.2 Å². The minimum absolute atomic E-state index is 0.0271. The Morgan fingerprint density at radius 2 is 2.17 bits per heavy atom. The number of thiophene rings is 1. The number of amides is 1. The maximum absolute atomic E-state index is 12.2. The van der Waals surface area contributed by atoms with Crippen LogP contribution in [-0.2, 0) is 4.79 Å². The van der Waals surface area contributed by atoms with Gasteiger partial charge in [-0.3, -0.25) is 4.79 Å². The summed E-state index contributed by atoms with van der Waals surface area (Å²) in [6, 6.07) is 2.18. The first kappa shape index (κ1) is 13.6. The number of hydrogen-bond acceptors (Lipinski definition) is 3. The van der Waals surface area contributed by atoms with Gasteiger partial charge in [-0.15, -0.1) is 11.3 Å². The zero-order chi connectivity index (χ0) is 13.5. The van der Waals surface area contributed by atoms with Crippen molar-refractivity contribution in [1.29, 1.82) is 0 Å². The lowest BCUT2D eigenvalue weighted by Gasteiger charge is -2.25. The molecule has 1 amide bonds. The zero-order valence-corrected chi connectivity index (χ0v) is 12.4. The van der Waals surface area contributed by atoms with Crippen molar-refractivity contribution in [2.75, 3.05) is 0 Å². The highest BCUT2D eigenvalue weighted by Gasteiger charge is 2.44. The number of aryl methyl sites for hydroxylation is 2. The summed E-state index contributed by atoms with van der Waals surface area (Å²) in [5.74, 6) is 0.329. The average Bonchev–Trinajstić information content (AvgIpc) is 3.05. The van der Waals surface area contributed by atoms with E-state index in [1.807, 2.05) is 13.8 Å². The second kappa shape index (κ2) is 4.67. The molecule has 0 aliphatic heterocycles. The SMILES string of the molecule is Cc1cc(C(C)NC(=O)C(C)(N)C2CC2)c(C)s1. The molecule has 1 aliphatic rings. The Bertz CT molecular complexity index is 460. The quantitative estimate of drug-likeness (QED) is 0.880. The number of rotatable bonds is 4. The van der Waals surface area contributed by atoms with Crippen molar-refractivity contribution in [2.24, 2.45) is 11.7 Å². The van der Waals surface area contributed by atoms with E-state index >= 15 is 0 Å². The topological polar surface area (TPSA) is 55.1 Å². The Hall–Kier alpha value is -0.870. The van der Waals surface area contributed by atoms with Crippen LogP contribution in [0.2, 0.25) is 0 Å². The molecule has 2 unspecified atom stereocenters. The van der Waals surface area contributed by atoms with Crippen LogP contribution in [0.25, 0.3) is 0 Å². The van der Waals surface area contributed by atoms with Crippen molar-refractivity contribution in [3.63, 3.8) is 0 Å². The molecule has 0 bridgehead atoms. The molecular weight excluding hydrogens is 244 g/mol. The van der Waals surface area contributed by atoms with Gasteiger partial charge in [0.25, 0.3) is 0 Å². The molecule has 1 saturated carbocycles. The van der Waals surface area contributed by atoms with E-state index in [4.69, 9.17) is 5.73 Å². The molecule has 2 rings (SSSR count). The Morgan fingerprint density at radius 1 is 1.56 bits per heavy atom. The van der Waals surface area contributed by atoms with E-state index in [-0.39, 0.29) is 11.9 Å². The number of carbonyl (C=O) groups is 1. The van der Waals surface area contributed by atoms with E-state index in [9.17, 15) is 4.79 Å². The van der Waals surface area contributed by atoms with E-state index in [0.29, 0.717) is 5.92 Å². The van der Waals surface area contributed by atoms with Crippen LogP contribution in [0.4, 0.5) is 0 Å². The van der Waals surface area contributed by atoms with Crippen LogP contribution >= 0.6 is 11.3 Å². The number of hydrogen-bond donors (Lipinski definition) is 2. The zero-order valence-electron chi connectivity index (χ0n) is 11.5. The molecule has 2 atom stereocenters. The highest BCUT2D eigenvalue weighted by atomic mass is 32.1. The second-order valence-electron chi connectivity index (χ2n) is 5.62. The Labute approximate surface area is 113 Å². The van der Waals surface area contributed by atoms with E-state index in [1.54, 1.807) is 11.3 Å². The van der Waals surface area contributed by atoms with Gasteiger partial charge in [0.05, 0.1) is 11.6 Å². The van der Waals surface area contributed by atoms with Crippen LogP contribution in [0.15, 0.2) is 6.07 Å². The first-order valence-electron chi connectivity index (χ1n) is 6.49. The molecule has 1 aromatic heterocycles. The maximum atomic E-state index is 12.2. The lowest BCUT2D eigenvalue weighted by atomic mass is 9.95. The lowest BCUT2D eigenvalue weighted by molar-refractivity contribution is -0.127. The van der Waals surface area contributed by atoms with Gasteiger partial charge in [0.15, 0.2) is 0 Å².